The molecule has 0 atom stereocenters. The second-order valence-corrected chi connectivity index (χ2v) is 8.27. The lowest BCUT2D eigenvalue weighted by Gasteiger charge is -2.12. The fourth-order valence-corrected chi connectivity index (χ4v) is 4.01. The average molecular weight is 517 g/mol. The molecule has 0 spiro atoms. The van der Waals surface area contributed by atoms with Gasteiger partial charge in [-0.05, 0) is 24.3 Å². The Bertz CT molecular complexity index is 1680. The highest BCUT2D eigenvalue weighted by molar-refractivity contribution is 6.14. The van der Waals surface area contributed by atoms with Crippen LogP contribution in [0, 0.1) is 21.7 Å². The third-order valence-corrected chi connectivity index (χ3v) is 5.92. The van der Waals surface area contributed by atoms with E-state index in [0.717, 1.165) is 10.7 Å². The number of imide groups is 1. The van der Waals surface area contributed by atoms with Crippen LogP contribution in [0.2, 0.25) is 0 Å². The van der Waals surface area contributed by atoms with E-state index in [1.807, 2.05) is 0 Å². The molecule has 0 saturated carbocycles. The minimum absolute atomic E-state index is 0.0250. The number of aromatic nitrogens is 2. The highest BCUT2D eigenvalue weighted by atomic mass is 19.2. The lowest BCUT2D eigenvalue weighted by Crippen LogP contribution is -2.30. The first kappa shape index (κ1) is 24.3. The van der Waals surface area contributed by atoms with Gasteiger partial charge in [-0.2, -0.15) is 0 Å². The predicted molar refractivity (Wildman–Crippen MR) is 132 cm³/mol. The fourth-order valence-electron chi connectivity index (χ4n) is 4.01. The molecular formula is C26H17F2N5O5. The smallest absolute Gasteiger partial charge is 0.303 e. The van der Waals surface area contributed by atoms with E-state index in [2.05, 4.69) is 10.4 Å². The van der Waals surface area contributed by atoms with Crippen LogP contribution in [-0.2, 0) is 11.3 Å². The maximum Gasteiger partial charge on any atom is 0.329 e. The van der Waals surface area contributed by atoms with Crippen molar-refractivity contribution in [3.05, 3.63) is 122 Å². The first-order valence-electron chi connectivity index (χ1n) is 11.2. The molecule has 0 aliphatic carbocycles. The van der Waals surface area contributed by atoms with Gasteiger partial charge in [-0.3, -0.25) is 29.7 Å². The van der Waals surface area contributed by atoms with Crippen molar-refractivity contribution in [2.75, 3.05) is 0 Å². The van der Waals surface area contributed by atoms with Gasteiger partial charge in [0.05, 0.1) is 28.4 Å². The molecule has 38 heavy (non-hydrogen) atoms. The minimum atomic E-state index is -1.17. The van der Waals surface area contributed by atoms with E-state index in [4.69, 9.17) is 0 Å². The molecule has 2 N–H and O–H groups in total. The molecule has 10 nitrogen and oxygen atoms in total. The van der Waals surface area contributed by atoms with Gasteiger partial charge in [0.25, 0.3) is 17.2 Å². The zero-order valence-electron chi connectivity index (χ0n) is 19.4. The molecule has 0 radical (unpaired) electrons. The van der Waals surface area contributed by atoms with Crippen LogP contribution < -0.4 is 10.9 Å². The Hall–Kier alpha value is -5.39. The largest absolute Gasteiger partial charge is 0.329 e. The summed E-state index contributed by atoms with van der Waals surface area (Å²) in [5.74, 6) is -3.12. The molecule has 4 aromatic rings. The number of carbonyl (C=O) groups is 2. The van der Waals surface area contributed by atoms with E-state index in [1.54, 1.807) is 30.3 Å². The minimum Gasteiger partial charge on any atom is -0.303 e. The second-order valence-electron chi connectivity index (χ2n) is 8.27. The van der Waals surface area contributed by atoms with Crippen LogP contribution in [0.25, 0.3) is 23.0 Å². The zero-order valence-corrected chi connectivity index (χ0v) is 19.4. The zero-order chi connectivity index (χ0) is 27.0. The Morgan fingerprint density at radius 1 is 0.921 bits per heavy atom. The average Bonchev–Trinajstić information content (AvgIpc) is 3.38. The van der Waals surface area contributed by atoms with Crippen molar-refractivity contribution in [1.29, 1.82) is 0 Å². The molecule has 1 aromatic heterocycles. The number of H-pyrrole nitrogens is 1. The molecule has 0 unspecified atom stereocenters. The number of carbonyl (C=O) groups excluding carboxylic acids is 2. The first-order chi connectivity index (χ1) is 18.2. The van der Waals surface area contributed by atoms with Gasteiger partial charge in [0.1, 0.15) is 5.70 Å². The summed E-state index contributed by atoms with van der Waals surface area (Å²) in [6.45, 7) is -0.517. The Morgan fingerprint density at radius 2 is 1.63 bits per heavy atom. The van der Waals surface area contributed by atoms with Crippen molar-refractivity contribution in [3.63, 3.8) is 0 Å². The molecule has 1 aliphatic heterocycles. The Morgan fingerprint density at radius 3 is 2.32 bits per heavy atom. The number of non-ortho nitro benzene ring substituents is 1. The number of nitro benzene ring substituents is 1. The molecule has 190 valence electrons. The molecule has 1 fully saturated rings. The molecule has 1 aliphatic rings. The summed E-state index contributed by atoms with van der Waals surface area (Å²) in [5, 5.41) is 16.3. The van der Waals surface area contributed by atoms with Gasteiger partial charge in [-0.1, -0.05) is 42.5 Å². The number of benzene rings is 3. The normalized spacial score (nSPS) is 14.3. The van der Waals surface area contributed by atoms with E-state index in [9.17, 15) is 33.3 Å². The summed E-state index contributed by atoms with van der Waals surface area (Å²) in [6.07, 6.45) is 1.20. The summed E-state index contributed by atoms with van der Waals surface area (Å²) < 4.78 is 28.9. The van der Waals surface area contributed by atoms with Crippen LogP contribution in [0.4, 0.5) is 19.3 Å². The monoisotopic (exact) mass is 517 g/mol. The van der Waals surface area contributed by atoms with Crippen LogP contribution in [0.1, 0.15) is 11.1 Å². The fraction of sp³-hybridized carbons (Fsp3) is 0.0385. The third-order valence-electron chi connectivity index (χ3n) is 5.92. The Kier molecular flexibility index (Phi) is 6.13. The van der Waals surface area contributed by atoms with Crippen molar-refractivity contribution in [3.8, 4) is 16.9 Å². The highest BCUT2D eigenvalue weighted by Crippen LogP contribution is 2.25. The predicted octanol–water partition coefficient (Wildman–Crippen LogP) is 4.11. The van der Waals surface area contributed by atoms with Gasteiger partial charge in [0, 0.05) is 23.3 Å². The molecule has 2 heterocycles. The maximum atomic E-state index is 14.1. The lowest BCUT2D eigenvalue weighted by molar-refractivity contribution is -0.384. The SMILES string of the molecule is O=C1NC(=Cc2c(-c3ccccc3)[nH]n(-c3ccc([N+](=O)[O-])cc3)c2=O)C(=O)N1Cc1cccc(F)c1F. The molecule has 1 saturated heterocycles. The van der Waals surface area contributed by atoms with E-state index in [1.165, 1.54) is 42.5 Å². The van der Waals surface area contributed by atoms with Crippen molar-refractivity contribution in [2.24, 2.45) is 0 Å². The topological polar surface area (TPSA) is 130 Å². The summed E-state index contributed by atoms with van der Waals surface area (Å²) in [5.41, 5.74) is 0.0443. The quantitative estimate of drug-likeness (QED) is 0.172. The molecule has 12 heteroatoms. The standard InChI is InChI=1S/C26H17F2N5O5/c27-20-8-4-7-16(22(20)28)14-31-25(35)21(29-26(31)36)13-19-23(15-5-2-1-3-6-15)30-32(24(19)34)17-9-11-18(12-10-17)33(37)38/h1-13,30H,14H2,(H,29,36). The number of aromatic amines is 1. The first-order valence-corrected chi connectivity index (χ1v) is 11.2. The van der Waals surface area contributed by atoms with Gasteiger partial charge in [0.2, 0.25) is 0 Å². The Labute approximate surface area is 212 Å². The molecular weight excluding hydrogens is 500 g/mol. The summed E-state index contributed by atoms with van der Waals surface area (Å²) >= 11 is 0. The Balaban J connectivity index is 1.56. The summed E-state index contributed by atoms with van der Waals surface area (Å²) in [7, 11) is 0. The summed E-state index contributed by atoms with van der Waals surface area (Å²) in [4.78, 5) is 50.1. The lowest BCUT2D eigenvalue weighted by atomic mass is 10.1. The molecule has 3 aromatic carbocycles. The van der Waals surface area contributed by atoms with E-state index in [0.29, 0.717) is 21.8 Å². The third kappa shape index (κ3) is 4.34. The molecule has 3 amide bonds. The van der Waals surface area contributed by atoms with Crippen molar-refractivity contribution in [1.82, 2.24) is 20.0 Å². The van der Waals surface area contributed by atoms with Gasteiger partial charge in [-0.25, -0.2) is 18.3 Å². The molecule has 5 rings (SSSR count). The summed E-state index contributed by atoms with van der Waals surface area (Å²) in [6, 6.07) is 16.5. The number of hydrogen-bond donors (Lipinski definition) is 2. The van der Waals surface area contributed by atoms with E-state index < -0.39 is 40.6 Å². The number of nitrogens with one attached hydrogen (secondary N) is 2. The maximum absolute atomic E-state index is 14.1. The van der Waals surface area contributed by atoms with Gasteiger partial charge >= 0.3 is 6.03 Å². The van der Waals surface area contributed by atoms with Gasteiger partial charge in [0.15, 0.2) is 11.6 Å². The number of nitro groups is 1. The van der Waals surface area contributed by atoms with Crippen LogP contribution in [-0.4, -0.2) is 31.5 Å². The number of halogens is 2. The second kappa shape index (κ2) is 9.58. The van der Waals surface area contributed by atoms with Gasteiger partial charge in [-0.15, -0.1) is 0 Å². The number of urea groups is 1. The number of nitrogens with zero attached hydrogens (tertiary/aromatic N) is 3. The van der Waals surface area contributed by atoms with Crippen LogP contribution >= 0.6 is 0 Å². The van der Waals surface area contributed by atoms with Crippen molar-refractivity contribution in [2.45, 2.75) is 6.54 Å². The molecule has 0 bridgehead atoms. The van der Waals surface area contributed by atoms with E-state index >= 15 is 0 Å². The van der Waals surface area contributed by atoms with Crippen LogP contribution in [0.3, 0.4) is 0 Å². The van der Waals surface area contributed by atoms with Crippen molar-refractivity contribution >= 4 is 23.7 Å². The van der Waals surface area contributed by atoms with Gasteiger partial charge < -0.3 is 5.32 Å². The van der Waals surface area contributed by atoms with Crippen LogP contribution in [0.5, 0.6) is 0 Å². The van der Waals surface area contributed by atoms with Crippen LogP contribution in [0.15, 0.2) is 83.3 Å². The van der Waals surface area contributed by atoms with E-state index in [-0.39, 0.29) is 22.5 Å². The number of amides is 3. The number of rotatable bonds is 6. The number of hydrogen-bond acceptors (Lipinski definition) is 5. The highest BCUT2D eigenvalue weighted by Gasteiger charge is 2.35. The van der Waals surface area contributed by atoms with Crippen molar-refractivity contribution < 1.29 is 23.3 Å².